The van der Waals surface area contributed by atoms with Crippen LogP contribution in [0.2, 0.25) is 0 Å². The zero-order chi connectivity index (χ0) is 14.8. The van der Waals surface area contributed by atoms with Gasteiger partial charge >= 0.3 is 0 Å². The van der Waals surface area contributed by atoms with Gasteiger partial charge in [0.25, 0.3) is 5.91 Å². The number of rotatable bonds is 4. The molecule has 0 spiro atoms. The van der Waals surface area contributed by atoms with Gasteiger partial charge in [0, 0.05) is 12.1 Å². The Hall–Kier alpha value is -1.86. The highest BCUT2D eigenvalue weighted by Gasteiger charge is 2.16. The molecule has 0 radical (unpaired) electrons. The van der Waals surface area contributed by atoms with Crippen molar-refractivity contribution in [1.82, 2.24) is 4.98 Å². The van der Waals surface area contributed by atoms with Crippen molar-refractivity contribution in [2.75, 3.05) is 25.1 Å². The van der Waals surface area contributed by atoms with Gasteiger partial charge in [0.15, 0.2) is 16.6 Å². The molecule has 0 saturated heterocycles. The van der Waals surface area contributed by atoms with Crippen molar-refractivity contribution in [1.29, 1.82) is 0 Å². The number of amides is 1. The first-order valence-corrected chi connectivity index (χ1v) is 7.55. The number of nitrogens with zero attached hydrogens (tertiary/aromatic N) is 1. The van der Waals surface area contributed by atoms with E-state index in [0.29, 0.717) is 24.1 Å². The SMILES string of the molecule is CC(C)OCC(=O)Nc1nc2cc3c(cc2s1)OCCO3. The van der Waals surface area contributed by atoms with Crippen molar-refractivity contribution in [3.63, 3.8) is 0 Å². The summed E-state index contributed by atoms with van der Waals surface area (Å²) in [6, 6.07) is 3.72. The van der Waals surface area contributed by atoms with Gasteiger partial charge in [-0.15, -0.1) is 0 Å². The third kappa shape index (κ3) is 3.25. The van der Waals surface area contributed by atoms with Gasteiger partial charge in [0.1, 0.15) is 19.8 Å². The van der Waals surface area contributed by atoms with E-state index in [9.17, 15) is 4.79 Å². The predicted octanol–water partition coefficient (Wildman–Crippen LogP) is 2.43. The van der Waals surface area contributed by atoms with Crippen LogP contribution in [0.3, 0.4) is 0 Å². The minimum Gasteiger partial charge on any atom is -0.486 e. The van der Waals surface area contributed by atoms with E-state index >= 15 is 0 Å². The summed E-state index contributed by atoms with van der Waals surface area (Å²) in [6.45, 7) is 4.88. The van der Waals surface area contributed by atoms with E-state index < -0.39 is 0 Å². The Labute approximate surface area is 126 Å². The van der Waals surface area contributed by atoms with Gasteiger partial charge < -0.3 is 14.2 Å². The molecular weight excluding hydrogens is 292 g/mol. The van der Waals surface area contributed by atoms with Crippen LogP contribution in [0.5, 0.6) is 11.5 Å². The third-order valence-corrected chi connectivity index (χ3v) is 3.78. The first-order valence-electron chi connectivity index (χ1n) is 6.73. The van der Waals surface area contributed by atoms with Gasteiger partial charge in [-0.25, -0.2) is 4.98 Å². The Morgan fingerprint density at radius 3 is 2.81 bits per heavy atom. The summed E-state index contributed by atoms with van der Waals surface area (Å²) in [4.78, 5) is 16.1. The molecule has 1 N–H and O–H groups in total. The van der Waals surface area contributed by atoms with Gasteiger partial charge in [-0.3, -0.25) is 10.1 Å². The normalized spacial score (nSPS) is 13.7. The molecular formula is C14H16N2O4S. The first kappa shape index (κ1) is 14.1. The van der Waals surface area contributed by atoms with E-state index in [0.717, 1.165) is 16.0 Å². The fourth-order valence-corrected chi connectivity index (χ4v) is 2.81. The zero-order valence-electron chi connectivity index (χ0n) is 11.8. The van der Waals surface area contributed by atoms with E-state index in [1.807, 2.05) is 26.0 Å². The summed E-state index contributed by atoms with van der Waals surface area (Å²) in [5.41, 5.74) is 0.782. The summed E-state index contributed by atoms with van der Waals surface area (Å²) in [5.74, 6) is 1.21. The summed E-state index contributed by atoms with van der Waals surface area (Å²) in [5, 5.41) is 3.29. The molecule has 0 bridgehead atoms. The molecule has 0 saturated carbocycles. The molecule has 6 nitrogen and oxygen atoms in total. The maximum Gasteiger partial charge on any atom is 0.252 e. The van der Waals surface area contributed by atoms with E-state index in [1.54, 1.807) is 0 Å². The third-order valence-electron chi connectivity index (χ3n) is 2.85. The van der Waals surface area contributed by atoms with Crippen molar-refractivity contribution >= 4 is 32.6 Å². The van der Waals surface area contributed by atoms with E-state index in [-0.39, 0.29) is 18.6 Å². The first-order chi connectivity index (χ1) is 10.1. The minimum atomic E-state index is -0.208. The number of anilines is 1. The lowest BCUT2D eigenvalue weighted by molar-refractivity contribution is -0.121. The molecule has 3 rings (SSSR count). The number of thiazole rings is 1. The van der Waals surface area contributed by atoms with Crippen LogP contribution in [0.25, 0.3) is 10.2 Å². The van der Waals surface area contributed by atoms with Crippen molar-refractivity contribution < 1.29 is 19.0 Å². The number of carbonyl (C=O) groups is 1. The quantitative estimate of drug-likeness (QED) is 0.939. The molecule has 0 aliphatic carbocycles. The Bertz CT molecular complexity index is 625. The highest BCUT2D eigenvalue weighted by molar-refractivity contribution is 7.22. The molecule has 7 heteroatoms. The minimum absolute atomic E-state index is 0.0205. The highest BCUT2D eigenvalue weighted by atomic mass is 32.1. The van der Waals surface area contributed by atoms with Crippen LogP contribution in [-0.4, -0.2) is 36.8 Å². The average Bonchev–Trinajstić information content (AvgIpc) is 2.83. The smallest absolute Gasteiger partial charge is 0.252 e. The second-order valence-electron chi connectivity index (χ2n) is 4.89. The molecule has 0 atom stereocenters. The number of benzene rings is 1. The lowest BCUT2D eigenvalue weighted by Gasteiger charge is -2.17. The maximum absolute atomic E-state index is 11.7. The molecule has 112 valence electrons. The standard InChI is InChI=1S/C14H16N2O4S/c1-8(2)20-7-13(17)16-14-15-9-5-10-11(6-12(9)21-14)19-4-3-18-10/h5-6,8H,3-4,7H2,1-2H3,(H,15,16,17). The molecule has 1 amide bonds. The number of carbonyl (C=O) groups excluding carboxylic acids is 1. The largest absolute Gasteiger partial charge is 0.486 e. The summed E-state index contributed by atoms with van der Waals surface area (Å²) < 4.78 is 17.3. The number of hydrogen-bond acceptors (Lipinski definition) is 6. The van der Waals surface area contributed by atoms with E-state index in [2.05, 4.69) is 10.3 Å². The zero-order valence-corrected chi connectivity index (χ0v) is 12.7. The van der Waals surface area contributed by atoms with Crippen molar-refractivity contribution in [2.45, 2.75) is 20.0 Å². The number of aromatic nitrogens is 1. The molecule has 2 heterocycles. The number of hydrogen-bond donors (Lipinski definition) is 1. The van der Waals surface area contributed by atoms with Gasteiger partial charge in [-0.1, -0.05) is 11.3 Å². The summed E-state index contributed by atoms with van der Waals surface area (Å²) >= 11 is 1.40. The van der Waals surface area contributed by atoms with Crippen molar-refractivity contribution in [3.05, 3.63) is 12.1 Å². The maximum atomic E-state index is 11.7. The second-order valence-corrected chi connectivity index (χ2v) is 5.92. The Kier molecular flexibility index (Phi) is 3.94. The Morgan fingerprint density at radius 2 is 2.10 bits per heavy atom. The molecule has 0 fully saturated rings. The lowest BCUT2D eigenvalue weighted by Crippen LogP contribution is -2.20. The molecule has 2 aromatic rings. The average molecular weight is 308 g/mol. The van der Waals surface area contributed by atoms with Crippen LogP contribution >= 0.6 is 11.3 Å². The summed E-state index contributed by atoms with van der Waals surface area (Å²) in [6.07, 6.45) is 0.0205. The van der Waals surface area contributed by atoms with Crippen LogP contribution in [0.15, 0.2) is 12.1 Å². The molecule has 21 heavy (non-hydrogen) atoms. The van der Waals surface area contributed by atoms with Crippen LogP contribution in [0, 0.1) is 0 Å². The second kappa shape index (κ2) is 5.87. The van der Waals surface area contributed by atoms with Gasteiger partial charge in [0.05, 0.1) is 16.3 Å². The number of fused-ring (bicyclic) bond motifs is 2. The number of nitrogens with one attached hydrogen (secondary N) is 1. The molecule has 1 aliphatic heterocycles. The van der Waals surface area contributed by atoms with Gasteiger partial charge in [-0.2, -0.15) is 0 Å². The van der Waals surface area contributed by atoms with Gasteiger partial charge in [0.2, 0.25) is 0 Å². The van der Waals surface area contributed by atoms with E-state index in [4.69, 9.17) is 14.2 Å². The monoisotopic (exact) mass is 308 g/mol. The van der Waals surface area contributed by atoms with Crippen LogP contribution in [0.1, 0.15) is 13.8 Å². The fraction of sp³-hybridized carbons (Fsp3) is 0.429. The topological polar surface area (TPSA) is 69.7 Å². The fourth-order valence-electron chi connectivity index (χ4n) is 1.92. The highest BCUT2D eigenvalue weighted by Crippen LogP contribution is 2.37. The molecule has 1 aromatic heterocycles. The number of ether oxygens (including phenoxy) is 3. The molecule has 1 aromatic carbocycles. The van der Waals surface area contributed by atoms with Gasteiger partial charge in [-0.05, 0) is 13.8 Å². The Morgan fingerprint density at radius 1 is 1.38 bits per heavy atom. The van der Waals surface area contributed by atoms with Crippen LogP contribution < -0.4 is 14.8 Å². The molecule has 1 aliphatic rings. The van der Waals surface area contributed by atoms with Crippen molar-refractivity contribution in [2.24, 2.45) is 0 Å². The summed E-state index contributed by atoms with van der Waals surface area (Å²) in [7, 11) is 0. The van der Waals surface area contributed by atoms with Crippen LogP contribution in [-0.2, 0) is 9.53 Å². The Balaban J connectivity index is 1.76. The van der Waals surface area contributed by atoms with Crippen molar-refractivity contribution in [3.8, 4) is 11.5 Å². The molecule has 0 unspecified atom stereocenters. The predicted molar refractivity (Wildman–Crippen MR) is 80.3 cm³/mol. The lowest BCUT2D eigenvalue weighted by atomic mass is 10.3. The van der Waals surface area contributed by atoms with E-state index in [1.165, 1.54) is 11.3 Å². The van der Waals surface area contributed by atoms with Crippen LogP contribution in [0.4, 0.5) is 5.13 Å².